The van der Waals surface area contributed by atoms with Gasteiger partial charge in [-0.2, -0.15) is 0 Å². The number of esters is 2. The van der Waals surface area contributed by atoms with Crippen LogP contribution in [0.25, 0.3) is 0 Å². The highest BCUT2D eigenvalue weighted by Gasteiger charge is 2.27. The predicted octanol–water partition coefficient (Wildman–Crippen LogP) is 3.64. The van der Waals surface area contributed by atoms with E-state index in [2.05, 4.69) is 6.07 Å². The maximum Gasteiger partial charge on any atom is 0.314 e. The molecule has 0 aromatic heterocycles. The van der Waals surface area contributed by atoms with Crippen LogP contribution in [0.15, 0.2) is 78.9 Å². The highest BCUT2D eigenvalue weighted by atomic mass is 16.5. The summed E-state index contributed by atoms with van der Waals surface area (Å²) in [4.78, 5) is 23.9. The summed E-state index contributed by atoms with van der Waals surface area (Å²) in [5.74, 6) is -1.86. The Balaban J connectivity index is 1.54. The third-order valence-electron chi connectivity index (χ3n) is 5.88. The molecule has 0 aliphatic carbocycles. The second-order valence-electron chi connectivity index (χ2n) is 8.56. The standard InChI is InChI=1S/C29H32O6/c1-34-28(32)18-25-12-6-11-24(17-25)16-23-10-5-9-21(15-23)13-14-27(31)26(19-30)29(33)35-20-22-7-3-2-4-8-22/h2-12,15,17,26-27,30-31H,13-14,16,18-20H2,1H3. The summed E-state index contributed by atoms with van der Waals surface area (Å²) >= 11 is 0. The normalized spacial score (nSPS) is 12.5. The van der Waals surface area contributed by atoms with Crippen LogP contribution >= 0.6 is 0 Å². The average Bonchev–Trinajstić information content (AvgIpc) is 2.87. The number of carbonyl (C=O) groups is 2. The van der Waals surface area contributed by atoms with Gasteiger partial charge in [0.05, 0.1) is 26.2 Å². The number of hydrogen-bond donors (Lipinski definition) is 2. The van der Waals surface area contributed by atoms with Gasteiger partial charge < -0.3 is 19.7 Å². The molecule has 2 unspecified atom stereocenters. The van der Waals surface area contributed by atoms with Gasteiger partial charge >= 0.3 is 11.9 Å². The van der Waals surface area contributed by atoms with Crippen molar-refractivity contribution in [1.29, 1.82) is 0 Å². The number of methoxy groups -OCH3 is 1. The zero-order chi connectivity index (χ0) is 25.0. The number of carbonyl (C=O) groups excluding carboxylic acids is 2. The quantitative estimate of drug-likeness (QED) is 0.388. The van der Waals surface area contributed by atoms with Crippen molar-refractivity contribution in [3.63, 3.8) is 0 Å². The lowest BCUT2D eigenvalue weighted by atomic mass is 9.95. The fraction of sp³-hybridized carbons (Fsp3) is 0.310. The fourth-order valence-corrected chi connectivity index (χ4v) is 3.92. The van der Waals surface area contributed by atoms with Gasteiger partial charge in [0, 0.05) is 0 Å². The molecule has 0 saturated carbocycles. The Morgan fingerprint density at radius 3 is 2.09 bits per heavy atom. The number of rotatable bonds is 12. The third-order valence-corrected chi connectivity index (χ3v) is 5.88. The summed E-state index contributed by atoms with van der Waals surface area (Å²) in [7, 11) is 1.38. The number of aliphatic hydroxyl groups is 2. The first-order valence-electron chi connectivity index (χ1n) is 11.7. The molecular weight excluding hydrogens is 444 g/mol. The van der Waals surface area contributed by atoms with Crippen molar-refractivity contribution in [2.24, 2.45) is 5.92 Å². The van der Waals surface area contributed by atoms with Gasteiger partial charge in [-0.1, -0.05) is 78.9 Å². The van der Waals surface area contributed by atoms with Gasteiger partial charge in [-0.3, -0.25) is 9.59 Å². The Morgan fingerprint density at radius 2 is 1.43 bits per heavy atom. The average molecular weight is 477 g/mol. The molecule has 3 aromatic rings. The van der Waals surface area contributed by atoms with Crippen molar-refractivity contribution in [2.75, 3.05) is 13.7 Å². The molecule has 2 atom stereocenters. The first-order valence-corrected chi connectivity index (χ1v) is 11.7. The van der Waals surface area contributed by atoms with E-state index in [1.807, 2.05) is 72.8 Å². The minimum Gasteiger partial charge on any atom is -0.469 e. The van der Waals surface area contributed by atoms with Crippen LogP contribution < -0.4 is 0 Å². The van der Waals surface area contributed by atoms with Crippen molar-refractivity contribution in [1.82, 2.24) is 0 Å². The smallest absolute Gasteiger partial charge is 0.314 e. The first kappa shape index (κ1) is 26.1. The largest absolute Gasteiger partial charge is 0.469 e. The van der Waals surface area contributed by atoms with Gasteiger partial charge in [0.2, 0.25) is 0 Å². The lowest BCUT2D eigenvalue weighted by Crippen LogP contribution is -2.33. The van der Waals surface area contributed by atoms with Crippen LogP contribution in [0.4, 0.5) is 0 Å². The summed E-state index contributed by atoms with van der Waals surface area (Å²) in [6.45, 7) is -0.373. The molecule has 6 heteroatoms. The van der Waals surface area contributed by atoms with E-state index in [1.54, 1.807) is 0 Å². The molecule has 2 N–H and O–H groups in total. The molecule has 0 amide bonds. The van der Waals surface area contributed by atoms with E-state index in [0.29, 0.717) is 19.3 Å². The molecule has 3 aromatic carbocycles. The molecule has 0 radical (unpaired) electrons. The first-order chi connectivity index (χ1) is 17.0. The van der Waals surface area contributed by atoms with Crippen LogP contribution in [0, 0.1) is 5.92 Å². The van der Waals surface area contributed by atoms with Crippen molar-refractivity contribution < 1.29 is 29.3 Å². The minimum absolute atomic E-state index is 0.103. The molecular formula is C29H32O6. The third kappa shape index (κ3) is 8.35. The summed E-state index contributed by atoms with van der Waals surface area (Å²) in [6, 6.07) is 25.2. The Kier molecular flexibility index (Phi) is 10.0. The summed E-state index contributed by atoms with van der Waals surface area (Å²) in [6.07, 6.45) is 0.809. The van der Waals surface area contributed by atoms with Gasteiger partial charge in [0.15, 0.2) is 0 Å². The van der Waals surface area contributed by atoms with E-state index in [-0.39, 0.29) is 19.0 Å². The van der Waals surface area contributed by atoms with Crippen molar-refractivity contribution >= 4 is 11.9 Å². The molecule has 0 aliphatic heterocycles. The second-order valence-corrected chi connectivity index (χ2v) is 8.56. The topological polar surface area (TPSA) is 93.1 Å². The second kappa shape index (κ2) is 13.4. The van der Waals surface area contributed by atoms with Crippen LogP contribution in [-0.4, -0.2) is 42.0 Å². The molecule has 0 saturated heterocycles. The van der Waals surface area contributed by atoms with E-state index < -0.39 is 24.6 Å². The van der Waals surface area contributed by atoms with Crippen LogP contribution in [0.5, 0.6) is 0 Å². The number of aliphatic hydroxyl groups excluding tert-OH is 2. The number of hydrogen-bond acceptors (Lipinski definition) is 6. The molecule has 35 heavy (non-hydrogen) atoms. The van der Waals surface area contributed by atoms with Crippen LogP contribution in [-0.2, 0) is 44.9 Å². The Labute approximate surface area is 206 Å². The van der Waals surface area contributed by atoms with E-state index >= 15 is 0 Å². The highest BCUT2D eigenvalue weighted by Crippen LogP contribution is 2.18. The number of aryl methyl sites for hydroxylation is 1. The Bertz CT molecular complexity index is 1100. The summed E-state index contributed by atoms with van der Waals surface area (Å²) < 4.78 is 10.0. The Hall–Kier alpha value is -3.48. The molecule has 0 bridgehead atoms. The summed E-state index contributed by atoms with van der Waals surface area (Å²) in [5, 5.41) is 20.2. The number of benzene rings is 3. The zero-order valence-corrected chi connectivity index (χ0v) is 19.9. The molecule has 0 spiro atoms. The van der Waals surface area contributed by atoms with Crippen LogP contribution in [0.1, 0.15) is 34.2 Å². The van der Waals surface area contributed by atoms with Crippen molar-refractivity contribution in [3.8, 4) is 0 Å². The number of ether oxygens (including phenoxy) is 2. The highest BCUT2D eigenvalue weighted by molar-refractivity contribution is 5.73. The van der Waals surface area contributed by atoms with Gasteiger partial charge in [0.25, 0.3) is 0 Å². The predicted molar refractivity (Wildman–Crippen MR) is 133 cm³/mol. The van der Waals surface area contributed by atoms with Gasteiger partial charge in [0.1, 0.15) is 12.5 Å². The van der Waals surface area contributed by atoms with Crippen LogP contribution in [0.2, 0.25) is 0 Å². The lowest BCUT2D eigenvalue weighted by Gasteiger charge is -2.20. The van der Waals surface area contributed by atoms with Crippen LogP contribution in [0.3, 0.4) is 0 Å². The van der Waals surface area contributed by atoms with E-state index in [0.717, 1.165) is 27.8 Å². The van der Waals surface area contributed by atoms with Gasteiger partial charge in [-0.05, 0) is 47.1 Å². The fourth-order valence-electron chi connectivity index (χ4n) is 3.92. The monoisotopic (exact) mass is 476 g/mol. The molecule has 0 heterocycles. The zero-order valence-electron chi connectivity index (χ0n) is 19.9. The molecule has 0 fully saturated rings. The minimum atomic E-state index is -1.01. The molecule has 0 aliphatic rings. The maximum atomic E-state index is 12.4. The molecule has 6 nitrogen and oxygen atoms in total. The Morgan fingerprint density at radius 1 is 0.829 bits per heavy atom. The van der Waals surface area contributed by atoms with Gasteiger partial charge in [-0.15, -0.1) is 0 Å². The summed E-state index contributed by atoms with van der Waals surface area (Å²) in [5.41, 5.74) is 4.97. The molecule has 184 valence electrons. The van der Waals surface area contributed by atoms with E-state index in [9.17, 15) is 19.8 Å². The lowest BCUT2D eigenvalue weighted by molar-refractivity contribution is -0.156. The SMILES string of the molecule is COC(=O)Cc1cccc(Cc2cccc(CCC(O)C(CO)C(=O)OCc3ccccc3)c2)c1. The van der Waals surface area contributed by atoms with Crippen molar-refractivity contribution in [3.05, 3.63) is 107 Å². The van der Waals surface area contributed by atoms with E-state index in [4.69, 9.17) is 9.47 Å². The van der Waals surface area contributed by atoms with E-state index in [1.165, 1.54) is 7.11 Å². The van der Waals surface area contributed by atoms with Gasteiger partial charge in [-0.25, -0.2) is 0 Å². The maximum absolute atomic E-state index is 12.4. The molecule has 3 rings (SSSR count). The van der Waals surface area contributed by atoms with Crippen molar-refractivity contribution in [2.45, 2.75) is 38.4 Å².